The molecule has 1 aromatic rings. The molecular formula is C14H20N2O6S. The highest BCUT2D eigenvalue weighted by atomic mass is 32.2. The second-order valence-electron chi connectivity index (χ2n) is 5.63. The number of alkyl carbamates (subject to hydrolysis) is 1. The Hall–Kier alpha value is -2.13. The molecule has 0 aromatic heterocycles. The number of sulfonamides is 1. The summed E-state index contributed by atoms with van der Waals surface area (Å²) < 4.78 is 31.5. The van der Waals surface area contributed by atoms with E-state index in [1.165, 1.54) is 24.3 Å². The molecule has 0 aliphatic carbocycles. The Labute approximate surface area is 134 Å². The van der Waals surface area contributed by atoms with Gasteiger partial charge in [-0.1, -0.05) is 12.1 Å². The van der Waals surface area contributed by atoms with Gasteiger partial charge in [0.2, 0.25) is 10.0 Å². The molecule has 0 radical (unpaired) electrons. The molecule has 1 amide bonds. The summed E-state index contributed by atoms with van der Waals surface area (Å²) in [6.45, 7) is 5.02. The molecule has 3 N–H and O–H groups in total. The molecule has 0 aliphatic heterocycles. The number of benzene rings is 1. The van der Waals surface area contributed by atoms with Gasteiger partial charge in [0.15, 0.2) is 0 Å². The van der Waals surface area contributed by atoms with Crippen LogP contribution >= 0.6 is 0 Å². The van der Waals surface area contributed by atoms with Crippen LogP contribution in [0.1, 0.15) is 31.1 Å². The molecule has 1 rings (SSSR count). The summed E-state index contributed by atoms with van der Waals surface area (Å²) >= 11 is 0. The summed E-state index contributed by atoms with van der Waals surface area (Å²) in [5.41, 5.74) is -0.968. The number of carboxylic acids is 1. The second kappa shape index (κ2) is 7.42. The minimum Gasteiger partial charge on any atom is -0.478 e. The van der Waals surface area contributed by atoms with Crippen LogP contribution in [0.5, 0.6) is 0 Å². The normalized spacial score (nSPS) is 11.8. The minimum absolute atomic E-state index is 0.00335. The first-order valence-electron chi connectivity index (χ1n) is 6.82. The molecule has 0 aliphatic rings. The molecule has 23 heavy (non-hydrogen) atoms. The lowest BCUT2D eigenvalue weighted by Gasteiger charge is -2.19. The fourth-order valence-electron chi connectivity index (χ4n) is 1.62. The van der Waals surface area contributed by atoms with Gasteiger partial charge in [0.05, 0.1) is 10.5 Å². The molecule has 0 saturated heterocycles. The standard InChI is InChI=1S/C14H20N2O6S/c1-14(2,3)22-13(19)15-8-9-16-23(20,21)11-7-5-4-6-10(11)12(17)18/h4-7,16H,8-9H2,1-3H3,(H,15,19)(H,17,18). The van der Waals surface area contributed by atoms with E-state index in [1.807, 2.05) is 0 Å². The predicted molar refractivity (Wildman–Crippen MR) is 82.8 cm³/mol. The van der Waals surface area contributed by atoms with Gasteiger partial charge in [-0.25, -0.2) is 22.7 Å². The van der Waals surface area contributed by atoms with Crippen molar-refractivity contribution in [2.45, 2.75) is 31.3 Å². The van der Waals surface area contributed by atoms with E-state index in [9.17, 15) is 18.0 Å². The van der Waals surface area contributed by atoms with E-state index in [1.54, 1.807) is 20.8 Å². The number of hydrogen-bond acceptors (Lipinski definition) is 5. The van der Waals surface area contributed by atoms with Crippen LogP contribution in [0, 0.1) is 0 Å². The highest BCUT2D eigenvalue weighted by Gasteiger charge is 2.21. The zero-order chi connectivity index (χ0) is 17.7. The van der Waals surface area contributed by atoms with Gasteiger partial charge < -0.3 is 15.2 Å². The minimum atomic E-state index is -3.99. The SMILES string of the molecule is CC(C)(C)OC(=O)NCCNS(=O)(=O)c1ccccc1C(=O)O. The fraction of sp³-hybridized carbons (Fsp3) is 0.429. The molecule has 8 nitrogen and oxygen atoms in total. The van der Waals surface area contributed by atoms with Crippen LogP contribution in [0.2, 0.25) is 0 Å². The lowest BCUT2D eigenvalue weighted by Crippen LogP contribution is -2.38. The number of carbonyl (C=O) groups is 2. The Morgan fingerprint density at radius 2 is 1.78 bits per heavy atom. The number of carbonyl (C=O) groups excluding carboxylic acids is 1. The fourth-order valence-corrected chi connectivity index (χ4v) is 2.85. The monoisotopic (exact) mass is 344 g/mol. The number of aromatic carboxylic acids is 1. The maximum absolute atomic E-state index is 12.1. The smallest absolute Gasteiger partial charge is 0.407 e. The summed E-state index contributed by atoms with van der Waals surface area (Å²) in [7, 11) is -3.99. The van der Waals surface area contributed by atoms with E-state index in [4.69, 9.17) is 9.84 Å². The van der Waals surface area contributed by atoms with Crippen molar-refractivity contribution in [2.24, 2.45) is 0 Å². The Bertz CT molecular complexity index is 679. The van der Waals surface area contributed by atoms with E-state index < -0.39 is 27.7 Å². The Kier molecular flexibility index (Phi) is 6.11. The predicted octanol–water partition coefficient (Wildman–Crippen LogP) is 1.19. The van der Waals surface area contributed by atoms with Crippen molar-refractivity contribution in [1.82, 2.24) is 10.0 Å². The Balaban J connectivity index is 2.61. The van der Waals surface area contributed by atoms with E-state index in [2.05, 4.69) is 10.0 Å². The topological polar surface area (TPSA) is 122 Å². The van der Waals surface area contributed by atoms with Crippen molar-refractivity contribution in [3.8, 4) is 0 Å². The van der Waals surface area contributed by atoms with E-state index in [-0.39, 0.29) is 23.5 Å². The molecule has 0 fully saturated rings. The summed E-state index contributed by atoms with van der Waals surface area (Å²) in [6, 6.07) is 5.27. The molecule has 0 unspecified atom stereocenters. The van der Waals surface area contributed by atoms with Gasteiger partial charge in [-0.05, 0) is 32.9 Å². The van der Waals surface area contributed by atoms with Crippen LogP contribution in [0.25, 0.3) is 0 Å². The number of carboxylic acid groups (broad SMARTS) is 1. The Morgan fingerprint density at radius 1 is 1.17 bits per heavy atom. The van der Waals surface area contributed by atoms with E-state index in [0.29, 0.717) is 0 Å². The summed E-state index contributed by atoms with van der Waals surface area (Å²) in [5.74, 6) is -1.34. The number of hydrogen-bond donors (Lipinski definition) is 3. The van der Waals surface area contributed by atoms with Crippen LogP contribution in [0.15, 0.2) is 29.2 Å². The van der Waals surface area contributed by atoms with Gasteiger partial charge in [0, 0.05) is 13.1 Å². The zero-order valence-electron chi connectivity index (χ0n) is 13.1. The van der Waals surface area contributed by atoms with Crippen molar-refractivity contribution >= 4 is 22.1 Å². The van der Waals surface area contributed by atoms with Crippen LogP contribution in [-0.2, 0) is 14.8 Å². The number of ether oxygens (including phenoxy) is 1. The maximum atomic E-state index is 12.1. The quantitative estimate of drug-likeness (QED) is 0.666. The maximum Gasteiger partial charge on any atom is 0.407 e. The number of rotatable bonds is 6. The van der Waals surface area contributed by atoms with Crippen LogP contribution in [-0.4, -0.2) is 44.3 Å². The average Bonchev–Trinajstić information content (AvgIpc) is 2.42. The molecule has 0 heterocycles. The van der Waals surface area contributed by atoms with Gasteiger partial charge in [-0.15, -0.1) is 0 Å². The van der Waals surface area contributed by atoms with E-state index in [0.717, 1.165) is 0 Å². The highest BCUT2D eigenvalue weighted by Crippen LogP contribution is 2.14. The lowest BCUT2D eigenvalue weighted by atomic mass is 10.2. The summed E-state index contributed by atoms with van der Waals surface area (Å²) in [6.07, 6.45) is -0.664. The van der Waals surface area contributed by atoms with Crippen molar-refractivity contribution < 1.29 is 27.9 Å². The number of nitrogens with one attached hydrogen (secondary N) is 2. The highest BCUT2D eigenvalue weighted by molar-refractivity contribution is 7.89. The average molecular weight is 344 g/mol. The molecule has 128 valence electrons. The molecule has 1 aromatic carbocycles. The molecule has 9 heteroatoms. The van der Waals surface area contributed by atoms with Gasteiger partial charge in [-0.2, -0.15) is 0 Å². The van der Waals surface area contributed by atoms with Gasteiger partial charge >= 0.3 is 12.1 Å². The molecule has 0 atom stereocenters. The third-order valence-corrected chi connectivity index (χ3v) is 4.01. The van der Waals surface area contributed by atoms with Crippen molar-refractivity contribution in [2.75, 3.05) is 13.1 Å². The molecular weight excluding hydrogens is 324 g/mol. The van der Waals surface area contributed by atoms with Crippen LogP contribution in [0.3, 0.4) is 0 Å². The first-order chi connectivity index (χ1) is 10.5. The first-order valence-corrected chi connectivity index (χ1v) is 8.30. The Morgan fingerprint density at radius 3 is 2.35 bits per heavy atom. The first kappa shape index (κ1) is 18.9. The van der Waals surface area contributed by atoms with E-state index >= 15 is 0 Å². The lowest BCUT2D eigenvalue weighted by molar-refractivity contribution is 0.0528. The van der Waals surface area contributed by atoms with Gasteiger partial charge in [0.25, 0.3) is 0 Å². The summed E-state index contributed by atoms with van der Waals surface area (Å²) in [5, 5.41) is 11.4. The van der Waals surface area contributed by atoms with Crippen molar-refractivity contribution in [3.05, 3.63) is 29.8 Å². The summed E-state index contributed by atoms with van der Waals surface area (Å²) in [4.78, 5) is 22.1. The van der Waals surface area contributed by atoms with Crippen LogP contribution in [0.4, 0.5) is 4.79 Å². The third-order valence-electron chi connectivity index (χ3n) is 2.49. The molecule has 0 saturated carbocycles. The van der Waals surface area contributed by atoms with Crippen LogP contribution < -0.4 is 10.0 Å². The van der Waals surface area contributed by atoms with Gasteiger partial charge in [0.1, 0.15) is 5.60 Å². The second-order valence-corrected chi connectivity index (χ2v) is 7.36. The number of amides is 1. The van der Waals surface area contributed by atoms with Gasteiger partial charge in [-0.3, -0.25) is 0 Å². The third kappa shape index (κ3) is 6.25. The molecule has 0 bridgehead atoms. The largest absolute Gasteiger partial charge is 0.478 e. The van der Waals surface area contributed by atoms with Crippen molar-refractivity contribution in [1.29, 1.82) is 0 Å². The zero-order valence-corrected chi connectivity index (χ0v) is 13.9. The van der Waals surface area contributed by atoms with Crippen molar-refractivity contribution in [3.63, 3.8) is 0 Å². The molecule has 0 spiro atoms.